The van der Waals surface area contributed by atoms with Gasteiger partial charge in [-0.3, -0.25) is 14.4 Å². The van der Waals surface area contributed by atoms with Crippen LogP contribution in [0.15, 0.2) is 48.5 Å². The summed E-state index contributed by atoms with van der Waals surface area (Å²) >= 11 is 0. The van der Waals surface area contributed by atoms with Crippen molar-refractivity contribution in [2.45, 2.75) is 65.0 Å². The number of nitrogens with zero attached hydrogens (tertiary/aromatic N) is 4. The highest BCUT2D eigenvalue weighted by atomic mass is 16.5. The molecule has 0 aliphatic carbocycles. The van der Waals surface area contributed by atoms with Crippen LogP contribution in [0, 0.1) is 0 Å². The topological polar surface area (TPSA) is 125 Å². The van der Waals surface area contributed by atoms with Crippen LogP contribution < -0.4 is 10.2 Å². The molecule has 2 amide bonds. The minimum absolute atomic E-state index is 0.0471. The van der Waals surface area contributed by atoms with Crippen LogP contribution in [0.2, 0.25) is 0 Å². The summed E-state index contributed by atoms with van der Waals surface area (Å²) in [6.45, 7) is 4.64. The molecule has 44 heavy (non-hydrogen) atoms. The van der Waals surface area contributed by atoms with Crippen LogP contribution >= 0.6 is 0 Å². The molecule has 0 bridgehead atoms. The summed E-state index contributed by atoms with van der Waals surface area (Å²) in [6.07, 6.45) is 4.57. The Labute approximate surface area is 258 Å². The normalized spacial score (nSPS) is 12.0. The second kappa shape index (κ2) is 17.3. The number of hydrogen-bond acceptors (Lipinski definition) is 8. The summed E-state index contributed by atoms with van der Waals surface area (Å²) < 4.78 is 17.6. The monoisotopic (exact) mass is 605 g/mol. The highest BCUT2D eigenvalue weighted by molar-refractivity contribution is 6.01. The molecule has 0 saturated carbocycles. The first-order valence-corrected chi connectivity index (χ1v) is 15.4. The van der Waals surface area contributed by atoms with Crippen molar-refractivity contribution in [3.8, 4) is 22.5 Å². The van der Waals surface area contributed by atoms with E-state index in [4.69, 9.17) is 14.2 Å². The van der Waals surface area contributed by atoms with Crippen molar-refractivity contribution < 1.29 is 28.6 Å². The van der Waals surface area contributed by atoms with Gasteiger partial charge < -0.3 is 24.4 Å². The van der Waals surface area contributed by atoms with E-state index < -0.39 is 0 Å². The van der Waals surface area contributed by atoms with Crippen LogP contribution in [0.5, 0.6) is 0 Å². The number of anilines is 1. The number of esters is 1. The fourth-order valence-corrected chi connectivity index (χ4v) is 5.16. The van der Waals surface area contributed by atoms with Crippen LogP contribution in [-0.4, -0.2) is 72.9 Å². The van der Waals surface area contributed by atoms with Gasteiger partial charge in [0, 0.05) is 44.0 Å². The molecule has 1 aliphatic rings. The molecule has 11 nitrogen and oxygen atoms in total. The van der Waals surface area contributed by atoms with Gasteiger partial charge in [-0.2, -0.15) is 0 Å². The molecule has 0 fully saturated rings. The van der Waals surface area contributed by atoms with Gasteiger partial charge in [-0.05, 0) is 18.1 Å². The molecule has 0 unspecified atom stereocenters. The predicted molar refractivity (Wildman–Crippen MR) is 167 cm³/mol. The summed E-state index contributed by atoms with van der Waals surface area (Å²) in [7, 11) is 1.60. The van der Waals surface area contributed by atoms with Crippen LogP contribution in [-0.2, 0) is 41.7 Å². The van der Waals surface area contributed by atoms with Crippen molar-refractivity contribution in [1.29, 1.82) is 0 Å². The molecule has 1 N–H and O–H groups in total. The Balaban J connectivity index is 1.50. The lowest BCUT2D eigenvalue weighted by atomic mass is 9.95. The minimum atomic E-state index is -0.214. The Morgan fingerprint density at radius 1 is 0.886 bits per heavy atom. The summed E-state index contributed by atoms with van der Waals surface area (Å²) in [4.78, 5) is 40.2. The lowest BCUT2D eigenvalue weighted by Crippen LogP contribution is -2.34. The molecular formula is C33H43N5O6. The van der Waals surface area contributed by atoms with Crippen LogP contribution in [0.25, 0.3) is 22.5 Å². The van der Waals surface area contributed by atoms with Gasteiger partial charge in [-0.15, -0.1) is 5.10 Å². The van der Waals surface area contributed by atoms with E-state index in [0.717, 1.165) is 48.1 Å². The highest BCUT2D eigenvalue weighted by Crippen LogP contribution is 2.41. The number of benzene rings is 2. The standard InChI is InChI=1S/C33H43N5O6/c1-3-4-5-6-15-31(41)44-21-19-38-33-27-13-9-10-14-28(27)37(24-25-11-7-8-12-26(25)32(33)35-36-38)30(40)17-16-29(39)34-18-20-43-23-22-42-2/h7-14H,3-6,15-24H2,1-2H3,(H,34,39). The molecule has 11 heteroatoms. The minimum Gasteiger partial charge on any atom is -0.464 e. The summed E-state index contributed by atoms with van der Waals surface area (Å²) in [5, 5.41) is 11.8. The predicted octanol–water partition coefficient (Wildman–Crippen LogP) is 4.53. The molecule has 2 heterocycles. The van der Waals surface area contributed by atoms with E-state index >= 15 is 0 Å². The van der Waals surface area contributed by atoms with E-state index in [9.17, 15) is 14.4 Å². The number of amides is 2. The number of carbonyl (C=O) groups is 3. The van der Waals surface area contributed by atoms with E-state index in [-0.39, 0.29) is 37.2 Å². The Bertz CT molecular complexity index is 1390. The van der Waals surface area contributed by atoms with Crippen LogP contribution in [0.1, 0.15) is 57.4 Å². The van der Waals surface area contributed by atoms with Crippen molar-refractivity contribution in [1.82, 2.24) is 20.3 Å². The van der Waals surface area contributed by atoms with E-state index in [2.05, 4.69) is 22.6 Å². The highest BCUT2D eigenvalue weighted by Gasteiger charge is 2.29. The summed E-state index contributed by atoms with van der Waals surface area (Å²) in [5.74, 6) is -0.591. The zero-order chi connectivity index (χ0) is 31.1. The zero-order valence-corrected chi connectivity index (χ0v) is 25.8. The number of para-hydroxylation sites is 1. The number of ether oxygens (including phenoxy) is 3. The van der Waals surface area contributed by atoms with E-state index in [1.165, 1.54) is 0 Å². The van der Waals surface area contributed by atoms with Gasteiger partial charge >= 0.3 is 5.97 Å². The number of unbranched alkanes of at least 4 members (excludes halogenated alkanes) is 3. The number of methoxy groups -OCH3 is 1. The first-order chi connectivity index (χ1) is 21.5. The number of rotatable bonds is 17. The summed E-state index contributed by atoms with van der Waals surface area (Å²) in [5.41, 5.74) is 4.74. The van der Waals surface area contributed by atoms with Gasteiger partial charge in [0.1, 0.15) is 12.3 Å². The first-order valence-electron chi connectivity index (χ1n) is 15.4. The van der Waals surface area contributed by atoms with Gasteiger partial charge in [0.25, 0.3) is 0 Å². The summed E-state index contributed by atoms with van der Waals surface area (Å²) in [6, 6.07) is 15.5. The third-order valence-electron chi connectivity index (χ3n) is 7.45. The molecule has 3 aromatic rings. The van der Waals surface area contributed by atoms with Crippen molar-refractivity contribution >= 4 is 23.5 Å². The lowest BCUT2D eigenvalue weighted by Gasteiger charge is -2.28. The fourth-order valence-electron chi connectivity index (χ4n) is 5.16. The Morgan fingerprint density at radius 2 is 1.68 bits per heavy atom. The molecule has 4 rings (SSSR count). The maximum Gasteiger partial charge on any atom is 0.305 e. The SMILES string of the molecule is CCCCCCC(=O)OCCn1nnc2c1-c1ccccc1N(C(=O)CCC(=O)NCCOCCOC)Cc1ccccc1-2. The quantitative estimate of drug-likeness (QED) is 0.176. The second-order valence-electron chi connectivity index (χ2n) is 10.7. The third-order valence-corrected chi connectivity index (χ3v) is 7.45. The third kappa shape index (κ3) is 8.96. The largest absolute Gasteiger partial charge is 0.464 e. The van der Waals surface area contributed by atoms with Gasteiger partial charge in [0.05, 0.1) is 44.3 Å². The molecule has 0 atom stereocenters. The number of carbonyl (C=O) groups excluding carboxylic acids is 3. The maximum atomic E-state index is 13.7. The van der Waals surface area contributed by atoms with Crippen LogP contribution in [0.3, 0.4) is 0 Å². The first kappa shape index (κ1) is 32.8. The lowest BCUT2D eigenvalue weighted by molar-refractivity contribution is -0.144. The second-order valence-corrected chi connectivity index (χ2v) is 10.7. The average molecular weight is 606 g/mol. The number of hydrogen-bond donors (Lipinski definition) is 1. The molecule has 1 aromatic heterocycles. The molecule has 1 aliphatic heterocycles. The smallest absolute Gasteiger partial charge is 0.305 e. The number of nitrogens with one attached hydrogen (secondary N) is 1. The van der Waals surface area contributed by atoms with Gasteiger partial charge in [0.15, 0.2) is 0 Å². The Hall–Kier alpha value is -4.09. The number of aromatic nitrogens is 3. The molecular weight excluding hydrogens is 562 g/mol. The Morgan fingerprint density at radius 3 is 2.50 bits per heavy atom. The van der Waals surface area contributed by atoms with Crippen molar-refractivity contribution in [2.75, 3.05) is 45.0 Å². The maximum absolute atomic E-state index is 13.7. The van der Waals surface area contributed by atoms with E-state index in [1.807, 2.05) is 48.5 Å². The molecule has 0 spiro atoms. The van der Waals surface area contributed by atoms with Crippen molar-refractivity contribution in [2.24, 2.45) is 0 Å². The molecule has 2 aromatic carbocycles. The van der Waals surface area contributed by atoms with Gasteiger partial charge in [0.2, 0.25) is 11.8 Å². The molecule has 0 radical (unpaired) electrons. The van der Waals surface area contributed by atoms with Crippen molar-refractivity contribution in [3.05, 3.63) is 54.1 Å². The van der Waals surface area contributed by atoms with Crippen molar-refractivity contribution in [3.63, 3.8) is 0 Å². The van der Waals surface area contributed by atoms with Gasteiger partial charge in [-0.25, -0.2) is 4.68 Å². The average Bonchev–Trinajstić information content (AvgIpc) is 3.44. The van der Waals surface area contributed by atoms with E-state index in [0.29, 0.717) is 57.3 Å². The molecule has 0 saturated heterocycles. The fraction of sp³-hybridized carbons (Fsp3) is 0.485. The van der Waals surface area contributed by atoms with E-state index in [1.54, 1.807) is 16.7 Å². The zero-order valence-electron chi connectivity index (χ0n) is 25.8. The molecule has 236 valence electrons. The Kier molecular flexibility index (Phi) is 12.9. The van der Waals surface area contributed by atoms with Crippen LogP contribution in [0.4, 0.5) is 5.69 Å². The number of fused-ring (bicyclic) bond motifs is 5. The van der Waals surface area contributed by atoms with Gasteiger partial charge in [-0.1, -0.05) is 73.9 Å².